The predicted molar refractivity (Wildman–Crippen MR) is 107 cm³/mol. The molecular weight excluding hydrogens is 362 g/mol. The highest BCUT2D eigenvalue weighted by Crippen LogP contribution is 2.24. The fraction of sp³-hybridized carbons (Fsp3) is 0.150. The van der Waals surface area contributed by atoms with Crippen molar-refractivity contribution < 1.29 is 13.2 Å². The van der Waals surface area contributed by atoms with E-state index in [4.69, 9.17) is 4.74 Å². The number of pyridine rings is 1. The van der Waals surface area contributed by atoms with Crippen LogP contribution in [-0.2, 0) is 10.0 Å². The minimum Gasteiger partial charge on any atom is -0.496 e. The summed E-state index contributed by atoms with van der Waals surface area (Å²) in [5.74, 6) is 0.887. The summed E-state index contributed by atoms with van der Waals surface area (Å²) in [5.41, 5.74) is 3.59. The van der Waals surface area contributed by atoms with E-state index in [9.17, 15) is 8.42 Å². The highest BCUT2D eigenvalue weighted by molar-refractivity contribution is 7.92. The third kappa shape index (κ3) is 4.38. The monoisotopic (exact) mass is 383 g/mol. The Morgan fingerprint density at radius 3 is 2.37 bits per heavy atom. The van der Waals surface area contributed by atoms with E-state index < -0.39 is 10.0 Å². The van der Waals surface area contributed by atoms with E-state index in [2.05, 4.69) is 15.0 Å². The van der Waals surface area contributed by atoms with Gasteiger partial charge in [-0.25, -0.2) is 13.4 Å². The van der Waals surface area contributed by atoms with Crippen molar-refractivity contribution >= 4 is 27.2 Å². The number of benzene rings is 2. The molecule has 0 fully saturated rings. The molecule has 0 amide bonds. The smallest absolute Gasteiger partial charge is 0.263 e. The summed E-state index contributed by atoms with van der Waals surface area (Å²) < 4.78 is 32.8. The van der Waals surface area contributed by atoms with Crippen LogP contribution in [0.25, 0.3) is 0 Å². The lowest BCUT2D eigenvalue weighted by molar-refractivity contribution is 0.411. The lowest BCUT2D eigenvalue weighted by Crippen LogP contribution is -2.14. The van der Waals surface area contributed by atoms with E-state index in [0.717, 1.165) is 22.5 Å². The van der Waals surface area contributed by atoms with Gasteiger partial charge in [-0.15, -0.1) is 0 Å². The molecule has 1 heterocycles. The predicted octanol–water partition coefficient (Wildman–Crippen LogP) is 4.25. The van der Waals surface area contributed by atoms with Crippen LogP contribution in [0.4, 0.5) is 17.2 Å². The number of para-hydroxylation sites is 1. The zero-order chi connectivity index (χ0) is 19.4. The quantitative estimate of drug-likeness (QED) is 0.665. The Hall–Kier alpha value is -3.06. The molecule has 7 heteroatoms. The van der Waals surface area contributed by atoms with Crippen LogP contribution in [0.15, 0.2) is 65.7 Å². The van der Waals surface area contributed by atoms with Crippen LogP contribution in [0.1, 0.15) is 11.1 Å². The molecular formula is C20H21N3O3S. The van der Waals surface area contributed by atoms with Crippen molar-refractivity contribution in [3.8, 4) is 5.75 Å². The number of hydrogen-bond donors (Lipinski definition) is 2. The van der Waals surface area contributed by atoms with E-state index in [1.807, 2.05) is 31.2 Å². The maximum atomic E-state index is 12.6. The lowest BCUT2D eigenvalue weighted by atomic mass is 10.2. The molecule has 2 aromatic carbocycles. The molecule has 0 unspecified atom stereocenters. The lowest BCUT2D eigenvalue weighted by Gasteiger charge is -2.11. The van der Waals surface area contributed by atoms with Crippen LogP contribution in [0.2, 0.25) is 0 Å². The van der Waals surface area contributed by atoms with E-state index in [1.165, 1.54) is 6.07 Å². The van der Waals surface area contributed by atoms with Crippen molar-refractivity contribution in [1.82, 2.24) is 4.98 Å². The average molecular weight is 383 g/mol. The normalized spacial score (nSPS) is 11.1. The van der Waals surface area contributed by atoms with Gasteiger partial charge in [0.05, 0.1) is 23.9 Å². The van der Waals surface area contributed by atoms with Gasteiger partial charge in [-0.05, 0) is 61.4 Å². The number of aromatic nitrogens is 1. The summed E-state index contributed by atoms with van der Waals surface area (Å²) in [6, 6.07) is 16.0. The fourth-order valence-corrected chi connectivity index (χ4v) is 3.70. The molecule has 0 aliphatic carbocycles. The van der Waals surface area contributed by atoms with E-state index >= 15 is 0 Å². The molecule has 1 aromatic heterocycles. The number of ether oxygens (including phenoxy) is 1. The molecule has 6 nitrogen and oxygen atoms in total. The molecule has 0 radical (unpaired) electrons. The van der Waals surface area contributed by atoms with Crippen molar-refractivity contribution in [2.45, 2.75) is 18.7 Å². The SMILES string of the molecule is COc1ccc(S(=O)(=O)Nc2ccc(Nc3ccccc3C)cn2)cc1C. The zero-order valence-corrected chi connectivity index (χ0v) is 16.2. The van der Waals surface area contributed by atoms with Crippen LogP contribution in [0, 0.1) is 13.8 Å². The fourth-order valence-electron chi connectivity index (χ4n) is 2.61. The molecule has 3 aromatic rings. The summed E-state index contributed by atoms with van der Waals surface area (Å²) >= 11 is 0. The standard InChI is InChI=1S/C20H21N3O3S/c1-14-6-4-5-7-18(14)22-16-8-11-20(21-13-16)23-27(24,25)17-9-10-19(26-3)15(2)12-17/h4-13,22H,1-3H3,(H,21,23). The maximum absolute atomic E-state index is 12.6. The highest BCUT2D eigenvalue weighted by Gasteiger charge is 2.16. The number of sulfonamides is 1. The van der Waals surface area contributed by atoms with Gasteiger partial charge in [0.1, 0.15) is 11.6 Å². The second-order valence-corrected chi connectivity index (χ2v) is 7.79. The molecule has 0 saturated carbocycles. The van der Waals surface area contributed by atoms with Crippen molar-refractivity contribution in [2.24, 2.45) is 0 Å². The summed E-state index contributed by atoms with van der Waals surface area (Å²) in [7, 11) is -2.18. The van der Waals surface area contributed by atoms with Gasteiger partial charge in [0.25, 0.3) is 10.0 Å². The number of rotatable bonds is 6. The molecule has 140 valence electrons. The molecule has 0 spiro atoms. The van der Waals surface area contributed by atoms with E-state index in [0.29, 0.717) is 5.75 Å². The zero-order valence-electron chi connectivity index (χ0n) is 15.4. The molecule has 3 rings (SSSR count). The number of methoxy groups -OCH3 is 1. The van der Waals surface area contributed by atoms with E-state index in [1.54, 1.807) is 44.5 Å². The van der Waals surface area contributed by atoms with Gasteiger partial charge >= 0.3 is 0 Å². The van der Waals surface area contributed by atoms with Crippen LogP contribution < -0.4 is 14.8 Å². The number of nitrogens with one attached hydrogen (secondary N) is 2. The summed E-state index contributed by atoms with van der Waals surface area (Å²) in [6.45, 7) is 3.80. The van der Waals surface area contributed by atoms with Crippen molar-refractivity contribution in [3.05, 3.63) is 71.9 Å². The molecule has 0 saturated heterocycles. The Morgan fingerprint density at radius 1 is 0.963 bits per heavy atom. The van der Waals surface area contributed by atoms with Crippen LogP contribution >= 0.6 is 0 Å². The Kier molecular flexibility index (Phi) is 5.32. The Morgan fingerprint density at radius 2 is 1.74 bits per heavy atom. The van der Waals surface area contributed by atoms with E-state index in [-0.39, 0.29) is 10.7 Å². The molecule has 2 N–H and O–H groups in total. The van der Waals surface area contributed by atoms with Crippen LogP contribution in [0.3, 0.4) is 0 Å². The molecule has 0 atom stereocenters. The average Bonchev–Trinajstić information content (AvgIpc) is 2.65. The Balaban J connectivity index is 1.75. The first-order valence-corrected chi connectivity index (χ1v) is 9.83. The van der Waals surface area contributed by atoms with Crippen molar-refractivity contribution in [3.63, 3.8) is 0 Å². The summed E-state index contributed by atoms with van der Waals surface area (Å²) in [4.78, 5) is 4.35. The second kappa shape index (κ2) is 7.67. The van der Waals surface area contributed by atoms with Gasteiger partial charge < -0.3 is 10.1 Å². The summed E-state index contributed by atoms with van der Waals surface area (Å²) in [5, 5.41) is 3.26. The number of anilines is 3. The Bertz CT molecular complexity index is 1050. The third-order valence-electron chi connectivity index (χ3n) is 4.10. The first-order chi connectivity index (χ1) is 12.9. The minimum absolute atomic E-state index is 0.157. The van der Waals surface area contributed by atoms with Gasteiger partial charge in [0, 0.05) is 5.69 Å². The van der Waals surface area contributed by atoms with Crippen molar-refractivity contribution in [2.75, 3.05) is 17.1 Å². The van der Waals surface area contributed by atoms with Crippen LogP contribution in [-0.4, -0.2) is 20.5 Å². The second-order valence-electron chi connectivity index (χ2n) is 6.11. The Labute approximate surface area is 159 Å². The third-order valence-corrected chi connectivity index (χ3v) is 5.46. The van der Waals surface area contributed by atoms with Gasteiger partial charge in [-0.1, -0.05) is 18.2 Å². The maximum Gasteiger partial charge on any atom is 0.263 e. The van der Waals surface area contributed by atoms with Crippen molar-refractivity contribution in [1.29, 1.82) is 0 Å². The first-order valence-electron chi connectivity index (χ1n) is 8.35. The minimum atomic E-state index is -3.73. The number of nitrogens with zero attached hydrogens (tertiary/aromatic N) is 1. The van der Waals surface area contributed by atoms with Crippen LogP contribution in [0.5, 0.6) is 5.75 Å². The molecule has 27 heavy (non-hydrogen) atoms. The molecule has 0 aliphatic heterocycles. The van der Waals surface area contributed by atoms with Gasteiger partial charge in [-0.3, -0.25) is 4.72 Å². The number of hydrogen-bond acceptors (Lipinski definition) is 5. The highest BCUT2D eigenvalue weighted by atomic mass is 32.2. The van der Waals surface area contributed by atoms with Gasteiger partial charge in [0.2, 0.25) is 0 Å². The first kappa shape index (κ1) is 18.7. The van der Waals surface area contributed by atoms with Gasteiger partial charge in [0.15, 0.2) is 0 Å². The van der Waals surface area contributed by atoms with Gasteiger partial charge in [-0.2, -0.15) is 0 Å². The largest absolute Gasteiger partial charge is 0.496 e. The topological polar surface area (TPSA) is 80.3 Å². The molecule has 0 bridgehead atoms. The molecule has 0 aliphatic rings. The number of aryl methyl sites for hydroxylation is 2. The summed E-state index contributed by atoms with van der Waals surface area (Å²) in [6.07, 6.45) is 1.59.